The first kappa shape index (κ1) is 13.8. The molecule has 1 aromatic heterocycles. The van der Waals surface area contributed by atoms with Crippen molar-refractivity contribution in [2.75, 3.05) is 20.3 Å². The zero-order valence-corrected chi connectivity index (χ0v) is 11.5. The van der Waals surface area contributed by atoms with Crippen molar-refractivity contribution in [2.45, 2.75) is 19.5 Å². The van der Waals surface area contributed by atoms with Gasteiger partial charge >= 0.3 is 0 Å². The van der Waals surface area contributed by atoms with Gasteiger partial charge in [0, 0.05) is 26.4 Å². The molecule has 0 saturated carbocycles. The predicted molar refractivity (Wildman–Crippen MR) is 76.1 cm³/mol. The van der Waals surface area contributed by atoms with Gasteiger partial charge in [0.05, 0.1) is 24.7 Å². The fraction of sp³-hybridized carbons (Fsp3) is 0.400. The maximum atomic E-state index is 5.02. The van der Waals surface area contributed by atoms with Crippen LogP contribution in [0.5, 0.6) is 0 Å². The fourth-order valence-corrected chi connectivity index (χ4v) is 2.10. The first-order chi connectivity index (χ1) is 9.33. The van der Waals surface area contributed by atoms with Crippen molar-refractivity contribution in [2.24, 2.45) is 0 Å². The van der Waals surface area contributed by atoms with E-state index in [1.807, 2.05) is 18.6 Å². The van der Waals surface area contributed by atoms with Crippen LogP contribution in [0, 0.1) is 0 Å². The smallest absolute Gasteiger partial charge is 0.0954 e. The van der Waals surface area contributed by atoms with E-state index in [2.05, 4.69) is 46.1 Å². The highest BCUT2D eigenvalue weighted by Gasteiger charge is 2.10. The maximum Gasteiger partial charge on any atom is 0.0954 e. The van der Waals surface area contributed by atoms with Gasteiger partial charge in [0.25, 0.3) is 0 Å². The summed E-state index contributed by atoms with van der Waals surface area (Å²) >= 11 is 0. The van der Waals surface area contributed by atoms with E-state index in [0.717, 1.165) is 19.7 Å². The molecule has 4 nitrogen and oxygen atoms in total. The van der Waals surface area contributed by atoms with Crippen molar-refractivity contribution in [3.05, 3.63) is 54.1 Å². The number of ether oxygens (including phenoxy) is 1. The van der Waals surface area contributed by atoms with Crippen molar-refractivity contribution < 1.29 is 4.74 Å². The van der Waals surface area contributed by atoms with Gasteiger partial charge in [-0.1, -0.05) is 30.3 Å². The van der Waals surface area contributed by atoms with Gasteiger partial charge in [-0.15, -0.1) is 0 Å². The molecule has 0 aliphatic heterocycles. The van der Waals surface area contributed by atoms with Crippen molar-refractivity contribution in [1.82, 2.24) is 14.9 Å². The van der Waals surface area contributed by atoms with Gasteiger partial charge in [0.15, 0.2) is 0 Å². The molecule has 1 N–H and O–H groups in total. The van der Waals surface area contributed by atoms with E-state index in [9.17, 15) is 0 Å². The second-order valence-corrected chi connectivity index (χ2v) is 4.55. The van der Waals surface area contributed by atoms with E-state index in [4.69, 9.17) is 4.74 Å². The lowest BCUT2D eigenvalue weighted by Crippen LogP contribution is -2.21. The number of rotatable bonds is 7. The second-order valence-electron chi connectivity index (χ2n) is 4.55. The Morgan fingerprint density at radius 1 is 1.32 bits per heavy atom. The first-order valence-electron chi connectivity index (χ1n) is 6.58. The topological polar surface area (TPSA) is 39.1 Å². The van der Waals surface area contributed by atoms with E-state index in [1.165, 1.54) is 11.3 Å². The fourth-order valence-electron chi connectivity index (χ4n) is 2.10. The molecule has 1 heterocycles. The number of aromatic nitrogens is 2. The molecule has 0 radical (unpaired) electrons. The Morgan fingerprint density at radius 3 is 2.84 bits per heavy atom. The summed E-state index contributed by atoms with van der Waals surface area (Å²) in [6, 6.07) is 10.8. The van der Waals surface area contributed by atoms with E-state index in [1.54, 1.807) is 7.11 Å². The predicted octanol–water partition coefficient (Wildman–Crippen LogP) is 2.23. The Kier molecular flexibility index (Phi) is 5.12. The Labute approximate surface area is 114 Å². The van der Waals surface area contributed by atoms with Gasteiger partial charge in [-0.2, -0.15) is 0 Å². The molecule has 0 spiro atoms. The lowest BCUT2D eigenvalue weighted by Gasteiger charge is -2.17. The van der Waals surface area contributed by atoms with Crippen LogP contribution in [0.3, 0.4) is 0 Å². The molecule has 2 rings (SSSR count). The van der Waals surface area contributed by atoms with E-state index in [0.29, 0.717) is 6.04 Å². The summed E-state index contributed by atoms with van der Waals surface area (Å²) in [5, 5.41) is 3.35. The number of imidazole rings is 1. The number of nitrogens with one attached hydrogen (secondary N) is 1. The lowest BCUT2D eigenvalue weighted by atomic mass is 10.1. The van der Waals surface area contributed by atoms with Crippen molar-refractivity contribution in [3.8, 4) is 0 Å². The zero-order valence-electron chi connectivity index (χ0n) is 11.5. The van der Waals surface area contributed by atoms with Crippen LogP contribution in [0.15, 0.2) is 42.9 Å². The molecule has 0 aliphatic carbocycles. The van der Waals surface area contributed by atoms with Gasteiger partial charge in [-0.05, 0) is 12.5 Å². The average Bonchev–Trinajstić information content (AvgIpc) is 2.92. The molecule has 4 heteroatoms. The van der Waals surface area contributed by atoms with Crippen molar-refractivity contribution >= 4 is 0 Å². The molecule has 19 heavy (non-hydrogen) atoms. The number of benzene rings is 1. The minimum absolute atomic E-state index is 0.294. The van der Waals surface area contributed by atoms with Crippen LogP contribution in [0.1, 0.15) is 24.2 Å². The second kappa shape index (κ2) is 7.07. The van der Waals surface area contributed by atoms with Gasteiger partial charge in [0.2, 0.25) is 0 Å². The molecular formula is C15H21N3O. The molecular weight excluding hydrogens is 238 g/mol. The van der Waals surface area contributed by atoms with E-state index in [-0.39, 0.29) is 0 Å². The SMILES string of the molecule is COCCNCc1cncn1C(C)c1ccccc1. The Morgan fingerprint density at radius 2 is 2.11 bits per heavy atom. The van der Waals surface area contributed by atoms with Gasteiger partial charge in [-0.3, -0.25) is 0 Å². The highest BCUT2D eigenvalue weighted by Crippen LogP contribution is 2.19. The molecule has 0 amide bonds. The highest BCUT2D eigenvalue weighted by molar-refractivity contribution is 5.20. The van der Waals surface area contributed by atoms with E-state index >= 15 is 0 Å². The molecule has 0 bridgehead atoms. The van der Waals surface area contributed by atoms with E-state index < -0.39 is 0 Å². The molecule has 1 aromatic carbocycles. The monoisotopic (exact) mass is 259 g/mol. The van der Waals surface area contributed by atoms with Crippen LogP contribution in [0.2, 0.25) is 0 Å². The maximum absolute atomic E-state index is 5.02. The number of methoxy groups -OCH3 is 1. The molecule has 102 valence electrons. The lowest BCUT2D eigenvalue weighted by molar-refractivity contribution is 0.199. The van der Waals surface area contributed by atoms with Gasteiger partial charge in [-0.25, -0.2) is 4.98 Å². The quantitative estimate of drug-likeness (QED) is 0.775. The van der Waals surface area contributed by atoms with Crippen LogP contribution in [0.4, 0.5) is 0 Å². The molecule has 0 aliphatic rings. The van der Waals surface area contributed by atoms with Crippen LogP contribution in [-0.2, 0) is 11.3 Å². The average molecular weight is 259 g/mol. The molecule has 1 unspecified atom stereocenters. The summed E-state index contributed by atoms with van der Waals surface area (Å²) in [5.74, 6) is 0. The minimum Gasteiger partial charge on any atom is -0.383 e. The number of hydrogen-bond donors (Lipinski definition) is 1. The third-order valence-corrected chi connectivity index (χ3v) is 3.23. The van der Waals surface area contributed by atoms with Crippen LogP contribution in [-0.4, -0.2) is 29.8 Å². The Bertz CT molecular complexity index is 481. The Hall–Kier alpha value is -1.65. The van der Waals surface area contributed by atoms with Crippen LogP contribution < -0.4 is 5.32 Å². The Balaban J connectivity index is 2.02. The molecule has 1 atom stereocenters. The largest absolute Gasteiger partial charge is 0.383 e. The van der Waals surface area contributed by atoms with Crippen LogP contribution >= 0.6 is 0 Å². The number of hydrogen-bond acceptors (Lipinski definition) is 3. The summed E-state index contributed by atoms with van der Waals surface area (Å²) in [5.41, 5.74) is 2.48. The minimum atomic E-state index is 0.294. The summed E-state index contributed by atoms with van der Waals surface area (Å²) in [7, 11) is 1.71. The summed E-state index contributed by atoms with van der Waals surface area (Å²) < 4.78 is 7.23. The highest BCUT2D eigenvalue weighted by atomic mass is 16.5. The first-order valence-corrected chi connectivity index (χ1v) is 6.58. The normalized spacial score (nSPS) is 12.5. The van der Waals surface area contributed by atoms with Crippen LogP contribution in [0.25, 0.3) is 0 Å². The summed E-state index contributed by atoms with van der Waals surface area (Å²) in [6.45, 7) is 4.57. The molecule has 0 fully saturated rings. The standard InChI is InChI=1S/C15H21N3O/c1-13(14-6-4-3-5-7-14)18-12-17-11-15(18)10-16-8-9-19-2/h3-7,11-13,16H,8-10H2,1-2H3. The zero-order chi connectivity index (χ0) is 13.5. The number of nitrogens with zero attached hydrogens (tertiary/aromatic N) is 2. The third kappa shape index (κ3) is 3.66. The summed E-state index contributed by atoms with van der Waals surface area (Å²) in [6.07, 6.45) is 3.81. The van der Waals surface area contributed by atoms with Crippen molar-refractivity contribution in [3.63, 3.8) is 0 Å². The van der Waals surface area contributed by atoms with Gasteiger partial charge in [0.1, 0.15) is 0 Å². The summed E-state index contributed by atoms with van der Waals surface area (Å²) in [4.78, 5) is 4.26. The third-order valence-electron chi connectivity index (χ3n) is 3.23. The van der Waals surface area contributed by atoms with Crippen molar-refractivity contribution in [1.29, 1.82) is 0 Å². The molecule has 0 saturated heterocycles. The van der Waals surface area contributed by atoms with Gasteiger partial charge < -0.3 is 14.6 Å². The molecule has 2 aromatic rings.